The number of carbonyl (C=O) groups is 5. The Kier molecular flexibility index (Phi) is 15.4. The average Bonchev–Trinajstić information content (AvgIpc) is 3.10. The van der Waals surface area contributed by atoms with E-state index in [1.807, 2.05) is 19.9 Å². The van der Waals surface area contributed by atoms with Crippen molar-refractivity contribution in [2.75, 3.05) is 5.32 Å². The maximum absolute atomic E-state index is 13.9. The van der Waals surface area contributed by atoms with Gasteiger partial charge in [0.15, 0.2) is 0 Å². The smallest absolute Gasteiger partial charge is 0.335 e. The molecule has 0 heterocycles. The van der Waals surface area contributed by atoms with Crippen LogP contribution < -0.4 is 27.0 Å². The largest absolute Gasteiger partial charge is 0.481 e. The normalized spacial score (nSPS) is 13.2. The molecule has 3 aromatic rings. The Labute approximate surface area is 312 Å². The molecule has 0 unspecified atom stereocenters. The number of benzene rings is 3. The molecule has 3 aromatic carbocycles. The standard InChI is InChI=1S/C38H43Cl2N5O7/c1-21(2)34(43-22(3)30(41)15-16-33(46)47)36(49)45-31(19-25-13-14-28(39)29(40)17-25)23(4)42-32(18-24-9-6-5-7-10-24)35(48)37(50)44-27-12-8-11-26(20-27)38(51)52/h5-14,17,20-21,30-32,34,42-43H,3-4,15-16,18-19,41H2,1-2H3,(H,44,50)(H,45,49)(H,46,47)(H,51,52)/t30-,31-,32-,34-/m0/s1. The molecule has 0 fully saturated rings. The SMILES string of the molecule is C=C(N[C@@H](Cc1ccccc1)C(=O)C(=O)Nc1cccc(C(=O)O)c1)[C@H](Cc1ccc(Cl)c(Cl)c1)NC(=O)[C@@H](NC(=C)[C@@H](N)CCC(=O)O)C(C)C. The first-order valence-electron chi connectivity index (χ1n) is 16.4. The summed E-state index contributed by atoms with van der Waals surface area (Å²) in [6.45, 7) is 11.7. The molecule has 14 heteroatoms. The first kappa shape index (κ1) is 41.3. The Morgan fingerprint density at radius 3 is 2.06 bits per heavy atom. The van der Waals surface area contributed by atoms with Gasteiger partial charge in [-0.05, 0) is 60.2 Å². The number of halogens is 2. The second-order valence-corrected chi connectivity index (χ2v) is 13.4. The first-order valence-corrected chi connectivity index (χ1v) is 17.2. The van der Waals surface area contributed by atoms with Gasteiger partial charge < -0.3 is 37.2 Å². The van der Waals surface area contributed by atoms with Crippen LogP contribution in [0.2, 0.25) is 10.0 Å². The summed E-state index contributed by atoms with van der Waals surface area (Å²) in [7, 11) is 0. The molecule has 4 atom stereocenters. The Balaban J connectivity index is 1.91. The number of carboxylic acid groups (broad SMARTS) is 2. The van der Waals surface area contributed by atoms with E-state index in [-0.39, 0.29) is 53.6 Å². The molecule has 0 radical (unpaired) electrons. The molecular weight excluding hydrogens is 709 g/mol. The van der Waals surface area contributed by atoms with Crippen molar-refractivity contribution in [3.63, 3.8) is 0 Å². The molecule has 276 valence electrons. The fourth-order valence-corrected chi connectivity index (χ4v) is 5.51. The van der Waals surface area contributed by atoms with Crippen LogP contribution in [0.5, 0.6) is 0 Å². The molecule has 0 aliphatic rings. The molecule has 0 saturated heterocycles. The summed E-state index contributed by atoms with van der Waals surface area (Å²) in [5.74, 6) is -4.79. The Morgan fingerprint density at radius 2 is 1.44 bits per heavy atom. The van der Waals surface area contributed by atoms with E-state index in [2.05, 4.69) is 34.4 Å². The minimum atomic E-state index is -1.20. The van der Waals surface area contributed by atoms with Crippen LogP contribution in [0.1, 0.15) is 48.2 Å². The number of ketones is 1. The highest BCUT2D eigenvalue weighted by Crippen LogP contribution is 2.24. The van der Waals surface area contributed by atoms with Crippen LogP contribution in [-0.4, -0.2) is 63.9 Å². The summed E-state index contributed by atoms with van der Waals surface area (Å²) in [6, 6.07) is 15.9. The van der Waals surface area contributed by atoms with Crippen molar-refractivity contribution in [2.45, 2.75) is 63.7 Å². The first-order chi connectivity index (χ1) is 24.5. The third-order valence-electron chi connectivity index (χ3n) is 8.12. The number of nitrogens with two attached hydrogens (primary N) is 1. The van der Waals surface area contributed by atoms with Crippen LogP contribution in [0, 0.1) is 5.92 Å². The van der Waals surface area contributed by atoms with E-state index in [0.717, 1.165) is 5.56 Å². The average molecular weight is 753 g/mol. The number of carboxylic acids is 2. The zero-order chi connectivity index (χ0) is 38.5. The lowest BCUT2D eigenvalue weighted by molar-refractivity contribution is -0.137. The summed E-state index contributed by atoms with van der Waals surface area (Å²) >= 11 is 12.5. The number of rotatable bonds is 20. The van der Waals surface area contributed by atoms with Gasteiger partial charge in [-0.25, -0.2) is 4.79 Å². The zero-order valence-corrected chi connectivity index (χ0v) is 30.3. The molecule has 12 nitrogen and oxygen atoms in total. The fourth-order valence-electron chi connectivity index (χ4n) is 5.18. The van der Waals surface area contributed by atoms with Gasteiger partial charge in [0.1, 0.15) is 6.04 Å². The molecule has 0 aromatic heterocycles. The zero-order valence-electron chi connectivity index (χ0n) is 28.8. The van der Waals surface area contributed by atoms with E-state index in [0.29, 0.717) is 16.3 Å². The van der Waals surface area contributed by atoms with Gasteiger partial charge >= 0.3 is 11.9 Å². The molecule has 0 saturated carbocycles. The van der Waals surface area contributed by atoms with Gasteiger partial charge in [-0.15, -0.1) is 0 Å². The topological polar surface area (TPSA) is 200 Å². The van der Waals surface area contributed by atoms with Crippen LogP contribution >= 0.6 is 23.2 Å². The number of nitrogens with one attached hydrogen (secondary N) is 4. The highest BCUT2D eigenvalue weighted by molar-refractivity contribution is 6.42. The second kappa shape index (κ2) is 19.4. The third kappa shape index (κ3) is 12.6. The second-order valence-electron chi connectivity index (χ2n) is 12.6. The maximum atomic E-state index is 13.9. The summed E-state index contributed by atoms with van der Waals surface area (Å²) in [6.07, 6.45) is 0.161. The van der Waals surface area contributed by atoms with E-state index < -0.39 is 53.7 Å². The number of carbonyl (C=O) groups excluding carboxylic acids is 3. The highest BCUT2D eigenvalue weighted by Gasteiger charge is 2.31. The molecule has 0 spiro atoms. The van der Waals surface area contributed by atoms with Crippen molar-refractivity contribution >= 4 is 58.4 Å². The summed E-state index contributed by atoms with van der Waals surface area (Å²) in [4.78, 5) is 63.4. The monoisotopic (exact) mass is 751 g/mol. The number of hydrogen-bond donors (Lipinski definition) is 7. The van der Waals surface area contributed by atoms with Crippen molar-refractivity contribution in [2.24, 2.45) is 11.7 Å². The van der Waals surface area contributed by atoms with Crippen molar-refractivity contribution in [1.29, 1.82) is 0 Å². The van der Waals surface area contributed by atoms with Gasteiger partial charge in [-0.1, -0.05) is 92.7 Å². The van der Waals surface area contributed by atoms with Crippen LogP contribution in [0.4, 0.5) is 5.69 Å². The minimum Gasteiger partial charge on any atom is -0.481 e. The number of hydrogen-bond acceptors (Lipinski definition) is 8. The van der Waals surface area contributed by atoms with Crippen LogP contribution in [0.15, 0.2) is 97.3 Å². The third-order valence-corrected chi connectivity index (χ3v) is 8.86. The van der Waals surface area contributed by atoms with Crippen LogP contribution in [0.25, 0.3) is 0 Å². The summed E-state index contributed by atoms with van der Waals surface area (Å²) in [5.41, 5.74) is 8.09. The highest BCUT2D eigenvalue weighted by atomic mass is 35.5. The van der Waals surface area contributed by atoms with Gasteiger partial charge in [-0.3, -0.25) is 19.2 Å². The van der Waals surface area contributed by atoms with Gasteiger partial charge in [0.05, 0.1) is 27.7 Å². The van der Waals surface area contributed by atoms with Gasteiger partial charge in [-0.2, -0.15) is 0 Å². The van der Waals surface area contributed by atoms with Crippen molar-refractivity contribution < 1.29 is 34.2 Å². The van der Waals surface area contributed by atoms with Crippen molar-refractivity contribution in [3.8, 4) is 0 Å². The Hall–Kier alpha value is -5.17. The number of aromatic carboxylic acids is 1. The van der Waals surface area contributed by atoms with Crippen LogP contribution in [-0.2, 0) is 32.0 Å². The lowest BCUT2D eigenvalue weighted by atomic mass is 9.97. The molecule has 0 bridgehead atoms. The maximum Gasteiger partial charge on any atom is 0.335 e. The van der Waals surface area contributed by atoms with E-state index in [1.54, 1.807) is 42.5 Å². The number of amides is 2. The quantitative estimate of drug-likeness (QED) is 0.0774. The van der Waals surface area contributed by atoms with Crippen LogP contribution in [0.3, 0.4) is 0 Å². The van der Waals surface area contributed by atoms with Gasteiger partial charge in [0.2, 0.25) is 11.7 Å². The van der Waals surface area contributed by atoms with E-state index >= 15 is 0 Å². The predicted molar refractivity (Wildman–Crippen MR) is 201 cm³/mol. The molecule has 52 heavy (non-hydrogen) atoms. The van der Waals surface area contributed by atoms with Gasteiger partial charge in [0.25, 0.3) is 5.91 Å². The lowest BCUT2D eigenvalue weighted by Crippen LogP contribution is -2.54. The van der Waals surface area contributed by atoms with Crippen molar-refractivity contribution in [1.82, 2.24) is 16.0 Å². The summed E-state index contributed by atoms with van der Waals surface area (Å²) < 4.78 is 0. The summed E-state index contributed by atoms with van der Waals surface area (Å²) in [5, 5.41) is 30.6. The van der Waals surface area contributed by atoms with E-state index in [4.69, 9.17) is 34.0 Å². The lowest BCUT2D eigenvalue weighted by Gasteiger charge is -2.31. The minimum absolute atomic E-state index is 0.0684. The Morgan fingerprint density at radius 1 is 0.769 bits per heavy atom. The molecule has 0 aliphatic heterocycles. The number of aliphatic carboxylic acids is 1. The number of Topliss-reactive ketones (excluding diaryl/α,β-unsaturated/α-hetero) is 1. The molecule has 2 amide bonds. The predicted octanol–water partition coefficient (Wildman–Crippen LogP) is 4.96. The van der Waals surface area contributed by atoms with E-state index in [9.17, 15) is 29.1 Å². The molecule has 3 rings (SSSR count). The fraction of sp³-hybridized carbons (Fsp3) is 0.289. The van der Waals surface area contributed by atoms with E-state index in [1.165, 1.54) is 24.3 Å². The molecule has 0 aliphatic carbocycles. The van der Waals surface area contributed by atoms with Gasteiger partial charge in [0, 0.05) is 36.0 Å². The molecular formula is C38H43Cl2N5O7. The molecule has 8 N–H and O–H groups in total. The Bertz CT molecular complexity index is 1800. The number of anilines is 1. The van der Waals surface area contributed by atoms with Crippen molar-refractivity contribution in [3.05, 3.63) is 124 Å².